The topological polar surface area (TPSA) is 105 Å². The van der Waals surface area contributed by atoms with Crippen LogP contribution >= 0.6 is 0 Å². The molecule has 3 N–H and O–H groups in total. The van der Waals surface area contributed by atoms with Crippen molar-refractivity contribution in [3.05, 3.63) is 127 Å². The molecule has 0 saturated heterocycles. The average molecular weight is 629 g/mol. The molecule has 4 aromatic carbocycles. The third-order valence-corrected chi connectivity index (χ3v) is 8.89. The number of anilines is 3. The molecule has 3 atom stereocenters. The Morgan fingerprint density at radius 3 is 2.21 bits per heavy atom. The lowest BCUT2D eigenvalue weighted by Crippen LogP contribution is -2.54. The summed E-state index contributed by atoms with van der Waals surface area (Å²) in [7, 11) is 0. The van der Waals surface area contributed by atoms with Crippen LogP contribution in [-0.2, 0) is 20.9 Å². The van der Waals surface area contributed by atoms with Crippen LogP contribution in [0.3, 0.4) is 0 Å². The van der Waals surface area contributed by atoms with Crippen molar-refractivity contribution in [3.63, 3.8) is 0 Å². The number of ether oxygens (including phenoxy) is 1. The normalized spacial score (nSPS) is 17.2. The molecule has 0 bridgehead atoms. The summed E-state index contributed by atoms with van der Waals surface area (Å²) < 4.78 is 6.09. The number of carbonyl (C=O) groups excluding carboxylic acids is 3. The number of nitrogens with one attached hydrogen (secondary N) is 1. The first kappa shape index (κ1) is 31.6. The lowest BCUT2D eigenvalue weighted by molar-refractivity contribution is -0.135. The molecule has 0 aromatic heterocycles. The third-order valence-electron chi connectivity index (χ3n) is 8.89. The Kier molecular flexibility index (Phi) is 9.67. The number of carbonyl (C=O) groups is 3. The van der Waals surface area contributed by atoms with Crippen LogP contribution in [-0.4, -0.2) is 30.3 Å². The van der Waals surface area contributed by atoms with Gasteiger partial charge in [-0.25, -0.2) is 0 Å². The van der Waals surface area contributed by atoms with Gasteiger partial charge in [-0.05, 0) is 72.9 Å². The SMILES string of the molecule is C=CC[C@H](C(N)=O)[C@@H](CC1CC1)C(=O)NC1CN(c2ccccc2)c2ccccc2N(Cc2cccc(Oc3ccccc3)c2)C1=O. The molecule has 3 amide bonds. The Morgan fingerprint density at radius 1 is 0.872 bits per heavy atom. The zero-order valence-corrected chi connectivity index (χ0v) is 26.3. The maximum atomic E-state index is 14.6. The van der Waals surface area contributed by atoms with E-state index < -0.39 is 23.8 Å². The molecular weight excluding hydrogens is 588 g/mol. The van der Waals surface area contributed by atoms with E-state index in [0.717, 1.165) is 35.5 Å². The van der Waals surface area contributed by atoms with E-state index in [9.17, 15) is 14.4 Å². The van der Waals surface area contributed by atoms with Crippen molar-refractivity contribution in [2.24, 2.45) is 23.5 Å². The highest BCUT2D eigenvalue weighted by Crippen LogP contribution is 2.40. The molecule has 4 aromatic rings. The van der Waals surface area contributed by atoms with Gasteiger partial charge in [-0.3, -0.25) is 14.4 Å². The van der Waals surface area contributed by atoms with E-state index in [-0.39, 0.29) is 24.9 Å². The van der Waals surface area contributed by atoms with Gasteiger partial charge in [0.2, 0.25) is 11.8 Å². The van der Waals surface area contributed by atoms with Gasteiger partial charge in [0.1, 0.15) is 17.5 Å². The molecule has 1 fully saturated rings. The molecule has 240 valence electrons. The second-order valence-electron chi connectivity index (χ2n) is 12.3. The predicted octanol–water partition coefficient (Wildman–Crippen LogP) is 6.74. The minimum atomic E-state index is -0.905. The fraction of sp³-hybridized carbons (Fsp3) is 0.256. The Labute approximate surface area is 275 Å². The van der Waals surface area contributed by atoms with Crippen LogP contribution in [0.5, 0.6) is 11.5 Å². The van der Waals surface area contributed by atoms with Crippen molar-refractivity contribution in [2.75, 3.05) is 16.3 Å². The monoisotopic (exact) mass is 628 g/mol. The van der Waals surface area contributed by atoms with Gasteiger partial charge < -0.3 is 25.6 Å². The van der Waals surface area contributed by atoms with E-state index in [1.54, 1.807) is 11.0 Å². The van der Waals surface area contributed by atoms with Crippen molar-refractivity contribution in [1.82, 2.24) is 5.32 Å². The van der Waals surface area contributed by atoms with Gasteiger partial charge in [0.15, 0.2) is 0 Å². The van der Waals surface area contributed by atoms with E-state index >= 15 is 0 Å². The summed E-state index contributed by atoms with van der Waals surface area (Å²) in [5.41, 5.74) is 9.14. The van der Waals surface area contributed by atoms with Crippen LogP contribution in [0.1, 0.15) is 31.2 Å². The summed E-state index contributed by atoms with van der Waals surface area (Å²) >= 11 is 0. The number of amides is 3. The predicted molar refractivity (Wildman–Crippen MR) is 184 cm³/mol. The van der Waals surface area contributed by atoms with Gasteiger partial charge in [-0.1, -0.05) is 79.6 Å². The Morgan fingerprint density at radius 2 is 1.53 bits per heavy atom. The van der Waals surface area contributed by atoms with Crippen molar-refractivity contribution < 1.29 is 19.1 Å². The first-order valence-electron chi connectivity index (χ1n) is 16.2. The van der Waals surface area contributed by atoms with Crippen LogP contribution in [0.4, 0.5) is 17.1 Å². The first-order chi connectivity index (χ1) is 22.9. The number of nitrogens with two attached hydrogens (primary N) is 1. The van der Waals surface area contributed by atoms with Crippen LogP contribution in [0.15, 0.2) is 122 Å². The average Bonchev–Trinajstić information content (AvgIpc) is 3.93. The van der Waals surface area contributed by atoms with Crippen LogP contribution < -0.4 is 25.6 Å². The number of allylic oxidation sites excluding steroid dienone is 1. The molecule has 6 rings (SSSR count). The van der Waals surface area contributed by atoms with Gasteiger partial charge in [-0.2, -0.15) is 0 Å². The number of hydrogen-bond donors (Lipinski definition) is 2. The first-order valence-corrected chi connectivity index (χ1v) is 16.2. The van der Waals surface area contributed by atoms with E-state index in [4.69, 9.17) is 10.5 Å². The van der Waals surface area contributed by atoms with Crippen molar-refractivity contribution in [3.8, 4) is 11.5 Å². The second kappa shape index (κ2) is 14.4. The van der Waals surface area contributed by atoms with Crippen molar-refractivity contribution in [1.29, 1.82) is 0 Å². The maximum Gasteiger partial charge on any atom is 0.251 e. The molecule has 1 saturated carbocycles. The minimum Gasteiger partial charge on any atom is -0.457 e. The van der Waals surface area contributed by atoms with Crippen LogP contribution in [0.25, 0.3) is 0 Å². The minimum absolute atomic E-state index is 0.206. The highest BCUT2D eigenvalue weighted by Gasteiger charge is 2.40. The van der Waals surface area contributed by atoms with Gasteiger partial charge in [0.25, 0.3) is 5.91 Å². The molecule has 1 aliphatic heterocycles. The molecule has 1 aliphatic carbocycles. The maximum absolute atomic E-state index is 14.6. The number of nitrogens with zero attached hydrogens (tertiary/aromatic N) is 2. The molecule has 47 heavy (non-hydrogen) atoms. The summed E-state index contributed by atoms with van der Waals surface area (Å²) in [6.07, 6.45) is 4.51. The largest absolute Gasteiger partial charge is 0.457 e. The standard InChI is InChI=1S/C39H40N4O4/c1-2-12-32(37(40)44)33(24-27-21-22-27)38(45)41-34-26-42(29-14-5-3-6-15-29)35-19-9-10-20-36(35)43(39(34)46)25-28-13-11-18-31(23-28)47-30-16-7-4-8-17-30/h2-11,13-20,23,27,32-34H,1,12,21-22,24-26H2,(H2,40,44)(H,41,45)/t32-,33+,34?/m0/s1. The number of hydrogen-bond acceptors (Lipinski definition) is 5. The zero-order valence-electron chi connectivity index (χ0n) is 26.3. The summed E-state index contributed by atoms with van der Waals surface area (Å²) in [5, 5.41) is 3.09. The Balaban J connectivity index is 1.35. The second-order valence-corrected chi connectivity index (χ2v) is 12.3. The summed E-state index contributed by atoms with van der Waals surface area (Å²) in [6, 6.07) is 33.9. The lowest BCUT2D eigenvalue weighted by atomic mass is 9.84. The lowest BCUT2D eigenvalue weighted by Gasteiger charge is -2.29. The van der Waals surface area contributed by atoms with Crippen LogP contribution in [0.2, 0.25) is 0 Å². The molecule has 1 heterocycles. The van der Waals surface area contributed by atoms with Gasteiger partial charge >= 0.3 is 0 Å². The van der Waals surface area contributed by atoms with Crippen LogP contribution in [0, 0.1) is 17.8 Å². The van der Waals surface area contributed by atoms with Gasteiger partial charge in [-0.15, -0.1) is 6.58 Å². The van der Waals surface area contributed by atoms with Gasteiger partial charge in [0.05, 0.1) is 36.3 Å². The Hall–Kier alpha value is -5.37. The third kappa shape index (κ3) is 7.55. The molecule has 0 spiro atoms. The summed E-state index contributed by atoms with van der Waals surface area (Å²) in [4.78, 5) is 45.1. The fourth-order valence-electron chi connectivity index (χ4n) is 6.33. The number of rotatable bonds is 13. The van der Waals surface area contributed by atoms with Gasteiger partial charge in [0, 0.05) is 5.69 Å². The number of primary amides is 1. The van der Waals surface area contributed by atoms with E-state index in [1.807, 2.05) is 109 Å². The fourth-order valence-corrected chi connectivity index (χ4v) is 6.33. The molecule has 0 radical (unpaired) electrons. The van der Waals surface area contributed by atoms with Crippen molar-refractivity contribution >= 4 is 34.8 Å². The Bertz CT molecular complexity index is 1720. The smallest absolute Gasteiger partial charge is 0.251 e. The molecule has 8 nitrogen and oxygen atoms in total. The van der Waals surface area contributed by atoms with E-state index in [1.165, 1.54) is 0 Å². The number of para-hydroxylation sites is 4. The highest BCUT2D eigenvalue weighted by atomic mass is 16.5. The summed E-state index contributed by atoms with van der Waals surface area (Å²) in [5.74, 6) is -0.719. The highest BCUT2D eigenvalue weighted by molar-refractivity contribution is 6.04. The summed E-state index contributed by atoms with van der Waals surface area (Å²) in [6.45, 7) is 4.25. The number of benzene rings is 4. The zero-order chi connectivity index (χ0) is 32.8. The molecule has 2 aliphatic rings. The number of fused-ring (bicyclic) bond motifs is 1. The van der Waals surface area contributed by atoms with Crippen molar-refractivity contribution in [2.45, 2.75) is 38.3 Å². The molecule has 8 heteroatoms. The van der Waals surface area contributed by atoms with E-state index in [0.29, 0.717) is 30.3 Å². The van der Waals surface area contributed by atoms with E-state index in [2.05, 4.69) is 16.8 Å². The quantitative estimate of drug-likeness (QED) is 0.160. The molecule has 1 unspecified atom stereocenters. The molecular formula is C39H40N4O4.